The van der Waals surface area contributed by atoms with E-state index < -0.39 is 0 Å². The van der Waals surface area contributed by atoms with Crippen LogP contribution in [0.2, 0.25) is 0 Å². The van der Waals surface area contributed by atoms with Crippen molar-refractivity contribution in [2.45, 2.75) is 13.3 Å². The van der Waals surface area contributed by atoms with Gasteiger partial charge in [0.05, 0.1) is 7.11 Å². The second kappa shape index (κ2) is 6.16. The van der Waals surface area contributed by atoms with Crippen LogP contribution in [0, 0.1) is 0 Å². The van der Waals surface area contributed by atoms with Crippen molar-refractivity contribution in [1.29, 1.82) is 0 Å². The van der Waals surface area contributed by atoms with Gasteiger partial charge in [-0.05, 0) is 30.8 Å². The van der Waals surface area contributed by atoms with Gasteiger partial charge < -0.3 is 14.6 Å². The lowest BCUT2D eigenvalue weighted by Crippen LogP contribution is -2.16. The molecule has 2 aromatic rings. The minimum Gasteiger partial charge on any atom is -0.497 e. The summed E-state index contributed by atoms with van der Waals surface area (Å²) in [4.78, 5) is 4.35. The zero-order valence-corrected chi connectivity index (χ0v) is 10.6. The standard InChI is InChI=1S/C13H17N3O2/c1-3-14-9-8-12-15-13(16-18-12)10-4-6-11(17-2)7-5-10/h4-7,14H,3,8-9H2,1-2H3. The van der Waals surface area contributed by atoms with E-state index in [1.165, 1.54) is 0 Å². The minimum absolute atomic E-state index is 0.615. The molecule has 0 amide bonds. The average molecular weight is 247 g/mol. The summed E-state index contributed by atoms with van der Waals surface area (Å²) in [5.74, 6) is 2.08. The molecule has 0 fully saturated rings. The molecule has 0 saturated carbocycles. The predicted octanol–water partition coefficient (Wildman–Crippen LogP) is 1.90. The lowest BCUT2D eigenvalue weighted by Gasteiger charge is -1.99. The fraction of sp³-hybridized carbons (Fsp3) is 0.385. The van der Waals surface area contributed by atoms with Crippen LogP contribution in [0.15, 0.2) is 28.8 Å². The first-order chi connectivity index (χ1) is 8.83. The maximum atomic E-state index is 5.19. The van der Waals surface area contributed by atoms with Crippen LogP contribution >= 0.6 is 0 Å². The molecule has 5 nitrogen and oxygen atoms in total. The second-order valence-electron chi connectivity index (χ2n) is 3.84. The number of nitrogens with one attached hydrogen (secondary N) is 1. The fourth-order valence-corrected chi connectivity index (χ4v) is 1.59. The molecule has 5 heteroatoms. The van der Waals surface area contributed by atoms with Crippen molar-refractivity contribution in [1.82, 2.24) is 15.5 Å². The number of ether oxygens (including phenoxy) is 1. The molecule has 0 saturated heterocycles. The summed E-state index contributed by atoms with van der Waals surface area (Å²) in [6.45, 7) is 3.86. The van der Waals surface area contributed by atoms with E-state index in [0.717, 1.165) is 30.8 Å². The molecule has 1 heterocycles. The van der Waals surface area contributed by atoms with Crippen LogP contribution in [0.5, 0.6) is 5.75 Å². The Morgan fingerprint density at radius 3 is 2.72 bits per heavy atom. The van der Waals surface area contributed by atoms with Crippen molar-refractivity contribution in [3.8, 4) is 17.1 Å². The van der Waals surface area contributed by atoms with E-state index in [1.54, 1.807) is 7.11 Å². The maximum absolute atomic E-state index is 5.19. The van der Waals surface area contributed by atoms with Crippen LogP contribution in [0.25, 0.3) is 11.4 Å². The smallest absolute Gasteiger partial charge is 0.228 e. The van der Waals surface area contributed by atoms with Gasteiger partial charge >= 0.3 is 0 Å². The number of likely N-dealkylation sites (N-methyl/N-ethyl adjacent to an activating group) is 1. The van der Waals surface area contributed by atoms with Gasteiger partial charge in [-0.1, -0.05) is 12.1 Å². The van der Waals surface area contributed by atoms with Crippen molar-refractivity contribution in [3.63, 3.8) is 0 Å². The number of benzene rings is 1. The van der Waals surface area contributed by atoms with E-state index in [2.05, 4.69) is 22.4 Å². The normalized spacial score (nSPS) is 10.6. The van der Waals surface area contributed by atoms with E-state index in [1.807, 2.05) is 24.3 Å². The predicted molar refractivity (Wildman–Crippen MR) is 68.5 cm³/mol. The molecular formula is C13H17N3O2. The molecule has 0 unspecified atom stereocenters. The van der Waals surface area contributed by atoms with Crippen molar-refractivity contribution in [3.05, 3.63) is 30.2 Å². The molecule has 2 rings (SSSR count). The van der Waals surface area contributed by atoms with Gasteiger partial charge in [0.1, 0.15) is 5.75 Å². The Hall–Kier alpha value is -1.88. The van der Waals surface area contributed by atoms with Gasteiger partial charge in [0.2, 0.25) is 11.7 Å². The van der Waals surface area contributed by atoms with Gasteiger partial charge in [-0.2, -0.15) is 4.98 Å². The van der Waals surface area contributed by atoms with E-state index in [4.69, 9.17) is 9.26 Å². The zero-order chi connectivity index (χ0) is 12.8. The number of hydrogen-bond donors (Lipinski definition) is 1. The third kappa shape index (κ3) is 3.07. The van der Waals surface area contributed by atoms with E-state index >= 15 is 0 Å². The maximum Gasteiger partial charge on any atom is 0.228 e. The number of aromatic nitrogens is 2. The Kier molecular flexibility index (Phi) is 4.30. The molecule has 96 valence electrons. The highest BCUT2D eigenvalue weighted by molar-refractivity contribution is 5.55. The van der Waals surface area contributed by atoms with Crippen molar-refractivity contribution in [2.24, 2.45) is 0 Å². The molecule has 0 aliphatic rings. The van der Waals surface area contributed by atoms with Gasteiger partial charge in [0, 0.05) is 18.5 Å². The molecule has 1 aromatic heterocycles. The Balaban J connectivity index is 2.04. The van der Waals surface area contributed by atoms with Crippen molar-refractivity contribution >= 4 is 0 Å². The topological polar surface area (TPSA) is 60.2 Å². The zero-order valence-electron chi connectivity index (χ0n) is 10.6. The van der Waals surface area contributed by atoms with Crippen molar-refractivity contribution < 1.29 is 9.26 Å². The first-order valence-electron chi connectivity index (χ1n) is 6.01. The highest BCUT2D eigenvalue weighted by atomic mass is 16.5. The lowest BCUT2D eigenvalue weighted by molar-refractivity contribution is 0.377. The van der Waals surface area contributed by atoms with Crippen LogP contribution in [0.3, 0.4) is 0 Å². The SMILES string of the molecule is CCNCCc1nc(-c2ccc(OC)cc2)no1. The molecule has 0 atom stereocenters. The van der Waals surface area contributed by atoms with Gasteiger partial charge in [-0.15, -0.1) is 0 Å². The van der Waals surface area contributed by atoms with Crippen LogP contribution in [-0.2, 0) is 6.42 Å². The van der Waals surface area contributed by atoms with Crippen molar-refractivity contribution in [2.75, 3.05) is 20.2 Å². The summed E-state index contributed by atoms with van der Waals surface area (Å²) in [5, 5.41) is 7.18. The minimum atomic E-state index is 0.615. The van der Waals surface area contributed by atoms with E-state index in [9.17, 15) is 0 Å². The highest BCUT2D eigenvalue weighted by Crippen LogP contribution is 2.19. The van der Waals surface area contributed by atoms with Gasteiger partial charge in [0.25, 0.3) is 0 Å². The summed E-state index contributed by atoms with van der Waals surface area (Å²) in [7, 11) is 1.64. The fourth-order valence-electron chi connectivity index (χ4n) is 1.59. The summed E-state index contributed by atoms with van der Waals surface area (Å²) in [6.07, 6.45) is 0.747. The average Bonchev–Trinajstić information content (AvgIpc) is 2.88. The molecule has 1 N–H and O–H groups in total. The Bertz CT molecular complexity index is 479. The first kappa shape index (κ1) is 12.6. The monoisotopic (exact) mass is 247 g/mol. The van der Waals surface area contributed by atoms with Crippen LogP contribution in [-0.4, -0.2) is 30.3 Å². The second-order valence-corrected chi connectivity index (χ2v) is 3.84. The molecule has 1 aromatic carbocycles. The number of rotatable bonds is 6. The molecule has 0 radical (unpaired) electrons. The van der Waals surface area contributed by atoms with Crippen LogP contribution in [0.1, 0.15) is 12.8 Å². The highest BCUT2D eigenvalue weighted by Gasteiger charge is 2.08. The molecular weight excluding hydrogens is 230 g/mol. The summed E-state index contributed by atoms with van der Waals surface area (Å²) in [5.41, 5.74) is 0.925. The van der Waals surface area contributed by atoms with Crippen LogP contribution in [0.4, 0.5) is 0 Å². The molecule has 18 heavy (non-hydrogen) atoms. The quantitative estimate of drug-likeness (QED) is 0.790. The van der Waals surface area contributed by atoms with Crippen LogP contribution < -0.4 is 10.1 Å². The molecule has 0 spiro atoms. The summed E-state index contributed by atoms with van der Waals surface area (Å²) >= 11 is 0. The summed E-state index contributed by atoms with van der Waals surface area (Å²) in [6, 6.07) is 7.59. The third-order valence-electron chi connectivity index (χ3n) is 2.58. The largest absolute Gasteiger partial charge is 0.497 e. The van der Waals surface area contributed by atoms with E-state index in [-0.39, 0.29) is 0 Å². The van der Waals surface area contributed by atoms with Gasteiger partial charge in [-0.3, -0.25) is 0 Å². The molecule has 0 aliphatic heterocycles. The van der Waals surface area contributed by atoms with E-state index in [0.29, 0.717) is 11.7 Å². The molecule has 0 bridgehead atoms. The van der Waals surface area contributed by atoms with Gasteiger partial charge in [0.15, 0.2) is 0 Å². The molecule has 0 aliphatic carbocycles. The number of hydrogen-bond acceptors (Lipinski definition) is 5. The first-order valence-corrected chi connectivity index (χ1v) is 6.01. The third-order valence-corrected chi connectivity index (χ3v) is 2.58. The Morgan fingerprint density at radius 1 is 1.28 bits per heavy atom. The Labute approximate surface area is 106 Å². The number of nitrogens with zero attached hydrogens (tertiary/aromatic N) is 2. The number of methoxy groups -OCH3 is 1. The van der Waals surface area contributed by atoms with Gasteiger partial charge in [-0.25, -0.2) is 0 Å². The lowest BCUT2D eigenvalue weighted by atomic mass is 10.2. The Morgan fingerprint density at radius 2 is 2.06 bits per heavy atom. The summed E-state index contributed by atoms with van der Waals surface area (Å²) < 4.78 is 10.3.